The molecule has 0 aliphatic carbocycles. The zero-order chi connectivity index (χ0) is 24.7. The monoisotopic (exact) mass is 472 g/mol. The van der Waals surface area contributed by atoms with E-state index in [1.165, 1.54) is 4.90 Å². The Labute approximate surface area is 207 Å². The molecule has 182 valence electrons. The Hall–Kier alpha value is -3.18. The zero-order valence-corrected chi connectivity index (χ0v) is 20.7. The number of carbonyl (C=O) groups excluding carboxylic acids is 1. The number of fused-ring (bicyclic) bond motifs is 2. The van der Waals surface area contributed by atoms with Gasteiger partial charge in [0.1, 0.15) is 5.60 Å². The minimum atomic E-state index is -1.80. The van der Waals surface area contributed by atoms with Gasteiger partial charge >= 0.3 is 6.09 Å². The van der Waals surface area contributed by atoms with E-state index in [0.29, 0.717) is 19.4 Å². The predicted octanol–water partition coefficient (Wildman–Crippen LogP) is 6.36. The first kappa shape index (κ1) is 23.6. The smallest absolute Gasteiger partial charge is 0.413 e. The number of halogens is 1. The highest BCUT2D eigenvalue weighted by atomic mass is 19.1. The molecule has 0 saturated carbocycles. The Kier molecular flexibility index (Phi) is 5.92. The number of ether oxygens (including phenoxy) is 1. The molecule has 2 fully saturated rings. The van der Waals surface area contributed by atoms with Gasteiger partial charge in [-0.15, -0.1) is 0 Å². The summed E-state index contributed by atoms with van der Waals surface area (Å²) >= 11 is 0. The first-order valence-electron chi connectivity index (χ1n) is 12.4. The van der Waals surface area contributed by atoms with Gasteiger partial charge in [-0.25, -0.2) is 9.18 Å². The molecular weight excluding hydrogens is 439 g/mol. The Morgan fingerprint density at radius 3 is 1.71 bits per heavy atom. The molecule has 0 unspecified atom stereocenters. The number of likely N-dealkylation sites (tertiary alicyclic amines) is 1. The molecule has 2 aliphatic rings. The van der Waals surface area contributed by atoms with Crippen molar-refractivity contribution in [3.05, 3.63) is 108 Å². The van der Waals surface area contributed by atoms with Crippen molar-refractivity contribution < 1.29 is 13.9 Å². The summed E-state index contributed by atoms with van der Waals surface area (Å²) in [6, 6.07) is 30.7. The topological polar surface area (TPSA) is 32.8 Å². The fraction of sp³-hybridized carbons (Fsp3) is 0.367. The summed E-state index contributed by atoms with van der Waals surface area (Å²) in [4.78, 5) is 16.7. The molecule has 1 amide bonds. The Bertz CT molecular complexity index is 1070. The van der Waals surface area contributed by atoms with Crippen LogP contribution < -0.4 is 0 Å². The van der Waals surface area contributed by atoms with Gasteiger partial charge in [-0.1, -0.05) is 91.0 Å². The lowest BCUT2D eigenvalue weighted by atomic mass is 9.75. The fourth-order valence-electron chi connectivity index (χ4n) is 5.87. The number of hydrogen-bond acceptors (Lipinski definition) is 3. The van der Waals surface area contributed by atoms with Crippen molar-refractivity contribution >= 4 is 6.09 Å². The molecule has 0 spiro atoms. The molecule has 2 bridgehead atoms. The normalized spacial score (nSPS) is 22.7. The molecule has 5 rings (SSSR count). The lowest BCUT2D eigenvalue weighted by Gasteiger charge is -2.53. The Balaban J connectivity index is 1.65. The number of piperazine rings is 1. The highest BCUT2D eigenvalue weighted by molar-refractivity contribution is 5.70. The van der Waals surface area contributed by atoms with Crippen LogP contribution in [0.25, 0.3) is 0 Å². The van der Waals surface area contributed by atoms with Crippen LogP contribution in [0.15, 0.2) is 91.0 Å². The van der Waals surface area contributed by atoms with Gasteiger partial charge in [-0.05, 0) is 43.9 Å². The van der Waals surface area contributed by atoms with Crippen LogP contribution >= 0.6 is 0 Å². The van der Waals surface area contributed by atoms with Gasteiger partial charge in [-0.3, -0.25) is 9.80 Å². The van der Waals surface area contributed by atoms with Crippen molar-refractivity contribution in [1.29, 1.82) is 0 Å². The maximum Gasteiger partial charge on any atom is 0.413 e. The number of amides is 1. The second-order valence-electron chi connectivity index (χ2n) is 10.6. The van der Waals surface area contributed by atoms with Crippen LogP contribution in [0.1, 0.15) is 50.3 Å². The predicted molar refractivity (Wildman–Crippen MR) is 136 cm³/mol. The number of nitrogens with zero attached hydrogens (tertiary/aromatic N) is 2. The molecule has 2 aliphatic heterocycles. The molecule has 0 radical (unpaired) electrons. The van der Waals surface area contributed by atoms with Crippen molar-refractivity contribution in [3.8, 4) is 0 Å². The summed E-state index contributed by atoms with van der Waals surface area (Å²) in [5.74, 6) is -1.80. The summed E-state index contributed by atoms with van der Waals surface area (Å²) in [5, 5.41) is 0. The average Bonchev–Trinajstić information content (AvgIpc) is 3.06. The summed E-state index contributed by atoms with van der Waals surface area (Å²) < 4.78 is 22.4. The number of benzene rings is 3. The molecule has 2 heterocycles. The molecule has 0 N–H and O–H groups in total. The quantitative estimate of drug-likeness (QED) is 0.327. The van der Waals surface area contributed by atoms with Crippen molar-refractivity contribution in [2.24, 2.45) is 0 Å². The van der Waals surface area contributed by atoms with Gasteiger partial charge in [0.25, 0.3) is 0 Å². The van der Waals surface area contributed by atoms with Crippen LogP contribution in [-0.4, -0.2) is 46.4 Å². The van der Waals surface area contributed by atoms with Crippen molar-refractivity contribution in [3.63, 3.8) is 0 Å². The number of hydrogen-bond donors (Lipinski definition) is 0. The van der Waals surface area contributed by atoms with Gasteiger partial charge in [0.15, 0.2) is 0 Å². The van der Waals surface area contributed by atoms with Gasteiger partial charge in [0, 0.05) is 13.0 Å². The molecule has 2 atom stereocenters. The standard InChI is InChI=1S/C30H33FN2O2/c1-28(2,3)35-27(34)33-26-19-20-29(33,31)22-32(21-26)30(23-13-7-4-8-14-23,24-15-9-5-10-16-24)25-17-11-6-12-18-25/h4-18,26H,19-22H2,1-3H3/t26-,29+/m0/s1. The molecule has 2 saturated heterocycles. The summed E-state index contributed by atoms with van der Waals surface area (Å²) in [6.45, 7) is 6.10. The number of carbonyl (C=O) groups is 1. The van der Waals surface area contributed by atoms with Gasteiger partial charge in [-0.2, -0.15) is 0 Å². The minimum Gasteiger partial charge on any atom is -0.444 e. The molecule has 0 aromatic heterocycles. The van der Waals surface area contributed by atoms with Crippen molar-refractivity contribution in [2.75, 3.05) is 13.1 Å². The number of alkyl halides is 1. The van der Waals surface area contributed by atoms with E-state index in [0.717, 1.165) is 16.7 Å². The van der Waals surface area contributed by atoms with Crippen LogP contribution in [0.3, 0.4) is 0 Å². The molecule has 35 heavy (non-hydrogen) atoms. The molecule has 5 heteroatoms. The van der Waals surface area contributed by atoms with E-state index in [-0.39, 0.29) is 12.6 Å². The third-order valence-electron chi connectivity index (χ3n) is 7.16. The molecule has 3 aromatic carbocycles. The Morgan fingerprint density at radius 1 is 0.857 bits per heavy atom. The first-order chi connectivity index (χ1) is 16.7. The third-order valence-corrected chi connectivity index (χ3v) is 7.16. The third kappa shape index (κ3) is 4.12. The van der Waals surface area contributed by atoms with E-state index in [9.17, 15) is 4.79 Å². The maximum absolute atomic E-state index is 16.7. The van der Waals surface area contributed by atoms with Crippen LogP contribution in [0.2, 0.25) is 0 Å². The lowest BCUT2D eigenvalue weighted by molar-refractivity contribution is -0.101. The second kappa shape index (κ2) is 8.80. The average molecular weight is 473 g/mol. The van der Waals surface area contributed by atoms with Crippen LogP contribution in [-0.2, 0) is 10.3 Å². The first-order valence-corrected chi connectivity index (χ1v) is 12.4. The largest absolute Gasteiger partial charge is 0.444 e. The highest BCUT2D eigenvalue weighted by Gasteiger charge is 2.59. The number of rotatable bonds is 4. The van der Waals surface area contributed by atoms with E-state index >= 15 is 4.39 Å². The van der Waals surface area contributed by atoms with Crippen molar-refractivity contribution in [1.82, 2.24) is 9.80 Å². The molecule has 3 aromatic rings. The van der Waals surface area contributed by atoms with E-state index < -0.39 is 23.0 Å². The zero-order valence-electron chi connectivity index (χ0n) is 20.7. The van der Waals surface area contributed by atoms with Crippen LogP contribution in [0.4, 0.5) is 9.18 Å². The summed E-state index contributed by atoms with van der Waals surface area (Å²) in [6.07, 6.45) is 0.356. The second-order valence-corrected chi connectivity index (χ2v) is 10.6. The SMILES string of the molecule is CC(C)(C)OC(=O)N1[C@H]2CC[C@]1(F)CN(C(c1ccccc1)(c1ccccc1)c1ccccc1)C2. The fourth-order valence-corrected chi connectivity index (χ4v) is 5.87. The van der Waals surface area contributed by atoms with E-state index in [2.05, 4.69) is 41.3 Å². The summed E-state index contributed by atoms with van der Waals surface area (Å²) in [5.41, 5.74) is 1.85. The highest BCUT2D eigenvalue weighted by Crippen LogP contribution is 2.49. The van der Waals surface area contributed by atoms with Gasteiger partial charge < -0.3 is 4.74 Å². The maximum atomic E-state index is 16.7. The van der Waals surface area contributed by atoms with Gasteiger partial charge in [0.2, 0.25) is 5.79 Å². The van der Waals surface area contributed by atoms with E-state index in [1.807, 2.05) is 75.4 Å². The van der Waals surface area contributed by atoms with E-state index in [4.69, 9.17) is 4.74 Å². The minimum absolute atomic E-state index is 0.0986. The molecule has 4 nitrogen and oxygen atoms in total. The van der Waals surface area contributed by atoms with Crippen LogP contribution in [0, 0.1) is 0 Å². The van der Waals surface area contributed by atoms with Crippen molar-refractivity contribution in [2.45, 2.75) is 56.6 Å². The molecular formula is C30H33FN2O2. The van der Waals surface area contributed by atoms with Crippen LogP contribution in [0.5, 0.6) is 0 Å². The lowest BCUT2D eigenvalue weighted by Crippen LogP contribution is -2.66. The van der Waals surface area contributed by atoms with E-state index in [1.54, 1.807) is 0 Å². The Morgan fingerprint density at radius 2 is 1.31 bits per heavy atom. The van der Waals surface area contributed by atoms with Gasteiger partial charge in [0.05, 0.1) is 18.1 Å². The summed E-state index contributed by atoms with van der Waals surface area (Å²) in [7, 11) is 0.